The molecule has 1 aromatic heterocycles. The zero-order chi connectivity index (χ0) is 20.4. The fourth-order valence-electron chi connectivity index (χ4n) is 3.28. The van der Waals surface area contributed by atoms with Crippen LogP contribution in [0.5, 0.6) is 0 Å². The van der Waals surface area contributed by atoms with Crippen molar-refractivity contribution >= 4 is 33.7 Å². The number of carbonyl (C=O) groups is 2. The number of carbonyl (C=O) groups excluding carboxylic acids is 2. The number of amides is 2. The van der Waals surface area contributed by atoms with Gasteiger partial charge in [-0.3, -0.25) is 19.8 Å². The van der Waals surface area contributed by atoms with Gasteiger partial charge in [0, 0.05) is 35.4 Å². The molecule has 0 unspecified atom stereocenters. The largest absolute Gasteiger partial charge is 0.349 e. The van der Waals surface area contributed by atoms with Crippen LogP contribution in [-0.4, -0.2) is 40.6 Å². The summed E-state index contributed by atoms with van der Waals surface area (Å²) < 4.78 is 1.96. The minimum atomic E-state index is -0.579. The molecule has 0 bridgehead atoms. The van der Waals surface area contributed by atoms with Gasteiger partial charge in [0.2, 0.25) is 5.95 Å². The molecule has 2 aromatic rings. The van der Waals surface area contributed by atoms with Crippen LogP contribution < -0.4 is 21.2 Å². The van der Waals surface area contributed by atoms with Gasteiger partial charge in [-0.15, -0.1) is 0 Å². The van der Waals surface area contributed by atoms with Crippen LogP contribution in [0.1, 0.15) is 52.8 Å². The number of piperidine rings is 1. The van der Waals surface area contributed by atoms with Gasteiger partial charge in [0.05, 0.1) is 0 Å². The molecule has 0 spiro atoms. The minimum absolute atomic E-state index is 0.0752. The topological polar surface area (TPSA) is 96.3 Å². The smallest absolute Gasteiger partial charge is 0.286 e. The molecule has 2 aliphatic rings. The van der Waals surface area contributed by atoms with Crippen LogP contribution in [0.25, 0.3) is 0 Å². The molecule has 8 nitrogen and oxygen atoms in total. The van der Waals surface area contributed by atoms with Gasteiger partial charge in [-0.25, -0.2) is 4.98 Å². The number of aromatic nitrogens is 2. The first-order valence-electron chi connectivity index (χ1n) is 9.78. The van der Waals surface area contributed by atoms with E-state index < -0.39 is 17.4 Å². The molecule has 2 heterocycles. The van der Waals surface area contributed by atoms with Crippen molar-refractivity contribution in [1.82, 2.24) is 15.0 Å². The Bertz CT molecular complexity index is 979. The Morgan fingerprint density at radius 3 is 2.38 bits per heavy atom. The molecule has 9 heteroatoms. The molecule has 29 heavy (non-hydrogen) atoms. The second-order valence-electron chi connectivity index (χ2n) is 7.36. The summed E-state index contributed by atoms with van der Waals surface area (Å²) >= 11 is 3.34. The third-order valence-electron chi connectivity index (χ3n) is 5.06. The van der Waals surface area contributed by atoms with Crippen LogP contribution in [-0.2, 0) is 0 Å². The first-order valence-corrected chi connectivity index (χ1v) is 10.6. The first kappa shape index (κ1) is 19.6. The normalized spacial score (nSPS) is 16.4. The lowest BCUT2D eigenvalue weighted by Crippen LogP contribution is -2.44. The summed E-state index contributed by atoms with van der Waals surface area (Å²) in [6, 6.07) is 6.93. The van der Waals surface area contributed by atoms with Crippen LogP contribution in [0.15, 0.2) is 39.7 Å². The number of anilines is 1. The summed E-state index contributed by atoms with van der Waals surface area (Å²) in [6.07, 6.45) is 6.24. The Morgan fingerprint density at radius 2 is 1.72 bits per heavy atom. The fourth-order valence-corrected chi connectivity index (χ4v) is 3.54. The van der Waals surface area contributed by atoms with E-state index in [9.17, 15) is 14.4 Å². The van der Waals surface area contributed by atoms with E-state index in [0.29, 0.717) is 11.5 Å². The Morgan fingerprint density at radius 1 is 1.03 bits per heavy atom. The minimum Gasteiger partial charge on any atom is -0.349 e. The van der Waals surface area contributed by atoms with Crippen molar-refractivity contribution in [3.63, 3.8) is 0 Å². The van der Waals surface area contributed by atoms with Crippen LogP contribution in [0.4, 0.5) is 5.95 Å². The second-order valence-corrected chi connectivity index (χ2v) is 8.27. The number of hydrogen-bond donors (Lipinski definition) is 2. The number of hydrogen-bond acceptors (Lipinski definition) is 5. The van der Waals surface area contributed by atoms with E-state index in [1.54, 1.807) is 24.3 Å². The van der Waals surface area contributed by atoms with Gasteiger partial charge in [-0.2, -0.15) is 4.68 Å². The standard InChI is InChI=1S/C20H22BrN5O3/c21-14-6-4-13(5-7-14)17(27)24-26-19(29)16(18(28)23-15-8-9-15)12-22-20(26)25-10-2-1-3-11-25/h4-7,12,15H,1-3,8-11H2,(H,23,28)(H,24,27). The van der Waals surface area contributed by atoms with Crippen LogP contribution >= 0.6 is 15.9 Å². The zero-order valence-electron chi connectivity index (χ0n) is 15.9. The van der Waals surface area contributed by atoms with E-state index in [0.717, 1.165) is 54.3 Å². The van der Waals surface area contributed by atoms with Crippen LogP contribution in [0.2, 0.25) is 0 Å². The summed E-state index contributed by atoms with van der Waals surface area (Å²) in [5.41, 5.74) is 2.39. The van der Waals surface area contributed by atoms with Gasteiger partial charge >= 0.3 is 0 Å². The van der Waals surface area contributed by atoms with Crippen molar-refractivity contribution in [2.24, 2.45) is 0 Å². The molecule has 1 aliphatic carbocycles. The lowest BCUT2D eigenvalue weighted by atomic mass is 10.1. The van der Waals surface area contributed by atoms with Crippen LogP contribution in [0.3, 0.4) is 0 Å². The number of nitrogens with zero attached hydrogens (tertiary/aromatic N) is 3. The Balaban J connectivity index is 1.68. The quantitative estimate of drug-likeness (QED) is 0.714. The van der Waals surface area contributed by atoms with Gasteiger partial charge < -0.3 is 10.2 Å². The van der Waals surface area contributed by atoms with Gasteiger partial charge in [0.15, 0.2) is 0 Å². The predicted molar refractivity (Wildman–Crippen MR) is 113 cm³/mol. The molecular formula is C20H22BrN5O3. The Kier molecular flexibility index (Phi) is 5.66. The molecule has 0 atom stereocenters. The molecule has 1 aliphatic heterocycles. The average molecular weight is 460 g/mol. The van der Waals surface area contributed by atoms with E-state index in [-0.39, 0.29) is 11.6 Å². The third-order valence-corrected chi connectivity index (χ3v) is 5.59. The summed E-state index contributed by atoms with van der Waals surface area (Å²) in [5.74, 6) is -0.552. The SMILES string of the molecule is O=C(Nn1c(N2CCCCC2)ncc(C(=O)NC2CC2)c1=O)c1ccc(Br)cc1. The van der Waals surface area contributed by atoms with E-state index in [2.05, 4.69) is 31.7 Å². The Labute approximate surface area is 176 Å². The van der Waals surface area contributed by atoms with Gasteiger partial charge in [-0.05, 0) is 56.4 Å². The van der Waals surface area contributed by atoms with Crippen molar-refractivity contribution in [1.29, 1.82) is 0 Å². The van der Waals surface area contributed by atoms with Gasteiger partial charge in [-0.1, -0.05) is 15.9 Å². The maximum absolute atomic E-state index is 13.1. The molecular weight excluding hydrogens is 438 g/mol. The van der Waals surface area contributed by atoms with Crippen molar-refractivity contribution in [3.8, 4) is 0 Å². The molecule has 4 rings (SSSR count). The zero-order valence-corrected chi connectivity index (χ0v) is 17.4. The third kappa shape index (κ3) is 4.50. The van der Waals surface area contributed by atoms with Crippen molar-refractivity contribution in [2.45, 2.75) is 38.1 Å². The van der Waals surface area contributed by atoms with Gasteiger partial charge in [0.1, 0.15) is 5.56 Å². The number of benzene rings is 1. The van der Waals surface area contributed by atoms with E-state index in [4.69, 9.17) is 0 Å². The van der Waals surface area contributed by atoms with E-state index >= 15 is 0 Å². The molecule has 2 N–H and O–H groups in total. The molecule has 1 saturated heterocycles. The highest BCUT2D eigenvalue weighted by Crippen LogP contribution is 2.20. The highest BCUT2D eigenvalue weighted by atomic mass is 79.9. The summed E-state index contributed by atoms with van der Waals surface area (Å²) in [7, 11) is 0. The summed E-state index contributed by atoms with van der Waals surface area (Å²) in [4.78, 5) is 44.7. The summed E-state index contributed by atoms with van der Waals surface area (Å²) in [5, 5.41) is 2.80. The van der Waals surface area contributed by atoms with Gasteiger partial charge in [0.25, 0.3) is 17.4 Å². The molecule has 2 amide bonds. The molecule has 1 aromatic carbocycles. The summed E-state index contributed by atoms with van der Waals surface area (Å²) in [6.45, 7) is 1.49. The predicted octanol–water partition coefficient (Wildman–Crippen LogP) is 2.27. The highest BCUT2D eigenvalue weighted by molar-refractivity contribution is 9.10. The van der Waals surface area contributed by atoms with E-state index in [1.165, 1.54) is 6.20 Å². The molecule has 1 saturated carbocycles. The lowest BCUT2D eigenvalue weighted by Gasteiger charge is -2.29. The number of rotatable bonds is 5. The van der Waals surface area contributed by atoms with Crippen molar-refractivity contribution in [3.05, 3.63) is 56.4 Å². The van der Waals surface area contributed by atoms with Crippen molar-refractivity contribution in [2.75, 3.05) is 23.4 Å². The molecule has 152 valence electrons. The number of halogens is 1. The maximum Gasteiger partial charge on any atom is 0.286 e. The first-order chi connectivity index (χ1) is 14.0. The van der Waals surface area contributed by atoms with Crippen LogP contribution in [0, 0.1) is 0 Å². The fraction of sp³-hybridized carbons (Fsp3) is 0.400. The Hall–Kier alpha value is -2.68. The monoisotopic (exact) mass is 459 g/mol. The molecule has 0 radical (unpaired) electrons. The van der Waals surface area contributed by atoms with Crippen molar-refractivity contribution < 1.29 is 9.59 Å². The number of nitrogens with one attached hydrogen (secondary N) is 2. The maximum atomic E-state index is 13.1. The highest BCUT2D eigenvalue weighted by Gasteiger charge is 2.27. The average Bonchev–Trinajstić information content (AvgIpc) is 3.54. The lowest BCUT2D eigenvalue weighted by molar-refractivity contribution is 0.0945. The van der Waals surface area contributed by atoms with E-state index in [1.807, 2.05) is 4.90 Å². The second kappa shape index (κ2) is 8.36. The molecule has 2 fully saturated rings.